The van der Waals surface area contributed by atoms with Gasteiger partial charge in [0.1, 0.15) is 17.9 Å². The molecule has 21 heavy (non-hydrogen) atoms. The van der Waals surface area contributed by atoms with E-state index in [1.165, 1.54) is 13.3 Å². The van der Waals surface area contributed by atoms with Crippen LogP contribution in [0.25, 0.3) is 0 Å². The summed E-state index contributed by atoms with van der Waals surface area (Å²) in [6, 6.07) is 0.0687. The normalized spacial score (nSPS) is 21.5. The summed E-state index contributed by atoms with van der Waals surface area (Å²) >= 11 is 0. The van der Waals surface area contributed by atoms with Gasteiger partial charge in [-0.1, -0.05) is 0 Å². The summed E-state index contributed by atoms with van der Waals surface area (Å²) in [5.74, 6) is -0.312. The van der Waals surface area contributed by atoms with Crippen LogP contribution < -0.4 is 0 Å². The number of amides is 1. The molecule has 7 nitrogen and oxygen atoms in total. The smallest absolute Gasteiger partial charge is 0.240 e. The molecule has 2 heterocycles. The fraction of sp³-hybridized carbons (Fsp3) is 0.769. The lowest BCUT2D eigenvalue weighted by Crippen LogP contribution is -2.48. The minimum atomic E-state index is -3.42. The van der Waals surface area contributed by atoms with Crippen molar-refractivity contribution >= 4 is 15.7 Å². The Hall–Kier alpha value is -1.44. The highest BCUT2D eigenvalue weighted by atomic mass is 32.2. The van der Waals surface area contributed by atoms with E-state index in [2.05, 4.69) is 10.1 Å². The molecule has 2 rings (SSSR count). The second-order valence-corrected chi connectivity index (χ2v) is 8.56. The lowest BCUT2D eigenvalue weighted by Gasteiger charge is -2.34. The number of nitrogens with zero attached hydrogens (tertiary/aromatic N) is 4. The Morgan fingerprint density at radius 1 is 1.33 bits per heavy atom. The van der Waals surface area contributed by atoms with Crippen molar-refractivity contribution in [3.8, 4) is 0 Å². The quantitative estimate of drug-likeness (QED) is 0.815. The molecule has 0 N–H and O–H groups in total. The molecule has 118 valence electrons. The summed E-state index contributed by atoms with van der Waals surface area (Å²) in [6.45, 7) is 5.78. The third-order valence-electron chi connectivity index (χ3n) is 4.02. The van der Waals surface area contributed by atoms with Gasteiger partial charge in [0.05, 0.1) is 11.3 Å². The average molecular weight is 314 g/mol. The van der Waals surface area contributed by atoms with Crippen LogP contribution in [-0.4, -0.2) is 57.6 Å². The Labute approximate surface area is 125 Å². The van der Waals surface area contributed by atoms with Gasteiger partial charge >= 0.3 is 0 Å². The van der Waals surface area contributed by atoms with E-state index >= 15 is 0 Å². The molecule has 1 aliphatic rings. The maximum absolute atomic E-state index is 12.5. The second-order valence-electron chi connectivity index (χ2n) is 5.74. The van der Waals surface area contributed by atoms with Gasteiger partial charge in [0.15, 0.2) is 9.84 Å². The fourth-order valence-corrected chi connectivity index (χ4v) is 3.83. The molecule has 2 atom stereocenters. The van der Waals surface area contributed by atoms with Crippen molar-refractivity contribution in [1.82, 2.24) is 19.7 Å². The van der Waals surface area contributed by atoms with E-state index in [4.69, 9.17) is 0 Å². The SMILES string of the molecule is CC(C)S(=O)(=O)[C@H](C)C(=O)N1CCC[C@H](n2cncn2)C1. The van der Waals surface area contributed by atoms with Gasteiger partial charge in [0.2, 0.25) is 5.91 Å². The summed E-state index contributed by atoms with van der Waals surface area (Å²) in [7, 11) is -3.42. The zero-order valence-corrected chi connectivity index (χ0v) is 13.5. The van der Waals surface area contributed by atoms with Crippen LogP contribution in [0.15, 0.2) is 12.7 Å². The number of sulfone groups is 1. The Balaban J connectivity index is 2.09. The predicted molar refractivity (Wildman–Crippen MR) is 78.4 cm³/mol. The van der Waals surface area contributed by atoms with Crippen LogP contribution >= 0.6 is 0 Å². The van der Waals surface area contributed by atoms with E-state index in [1.54, 1.807) is 29.8 Å². The van der Waals surface area contributed by atoms with E-state index < -0.39 is 20.3 Å². The van der Waals surface area contributed by atoms with Crippen LogP contribution in [-0.2, 0) is 14.6 Å². The first-order valence-electron chi connectivity index (χ1n) is 7.19. The zero-order chi connectivity index (χ0) is 15.6. The molecule has 0 unspecified atom stereocenters. The van der Waals surface area contributed by atoms with Gasteiger partial charge in [0.25, 0.3) is 0 Å². The Morgan fingerprint density at radius 2 is 2.05 bits per heavy atom. The molecule has 1 saturated heterocycles. The van der Waals surface area contributed by atoms with Crippen molar-refractivity contribution in [3.63, 3.8) is 0 Å². The van der Waals surface area contributed by atoms with Crippen LogP contribution in [0.1, 0.15) is 39.7 Å². The summed E-state index contributed by atoms with van der Waals surface area (Å²) < 4.78 is 26.0. The minimum Gasteiger partial charge on any atom is -0.339 e. The Bertz CT molecular complexity index is 583. The highest BCUT2D eigenvalue weighted by molar-refractivity contribution is 7.93. The molecule has 1 aromatic heterocycles. The lowest BCUT2D eigenvalue weighted by atomic mass is 10.1. The van der Waals surface area contributed by atoms with Crippen LogP contribution in [0.2, 0.25) is 0 Å². The zero-order valence-electron chi connectivity index (χ0n) is 12.6. The van der Waals surface area contributed by atoms with E-state index in [0.29, 0.717) is 13.1 Å². The number of aromatic nitrogens is 3. The predicted octanol–water partition coefficient (Wildman–Crippen LogP) is 0.653. The van der Waals surface area contributed by atoms with Crippen molar-refractivity contribution in [2.24, 2.45) is 0 Å². The molecule has 1 aromatic rings. The highest BCUT2D eigenvalue weighted by Gasteiger charge is 2.35. The molecule has 8 heteroatoms. The lowest BCUT2D eigenvalue weighted by molar-refractivity contribution is -0.132. The minimum absolute atomic E-state index is 0.0687. The summed E-state index contributed by atoms with van der Waals surface area (Å²) in [5.41, 5.74) is 0. The third-order valence-corrected chi connectivity index (χ3v) is 6.52. The molecule has 0 aromatic carbocycles. The maximum Gasteiger partial charge on any atom is 0.240 e. The van der Waals surface area contributed by atoms with E-state index in [0.717, 1.165) is 12.8 Å². The molecule has 0 aliphatic carbocycles. The van der Waals surface area contributed by atoms with Crippen molar-refractivity contribution in [2.75, 3.05) is 13.1 Å². The van der Waals surface area contributed by atoms with Crippen LogP contribution in [0.3, 0.4) is 0 Å². The molecule has 1 amide bonds. The molecule has 1 fully saturated rings. The topological polar surface area (TPSA) is 85.2 Å². The summed E-state index contributed by atoms with van der Waals surface area (Å²) in [5, 5.41) is 2.56. The van der Waals surface area contributed by atoms with Crippen molar-refractivity contribution < 1.29 is 13.2 Å². The third kappa shape index (κ3) is 3.25. The van der Waals surface area contributed by atoms with Gasteiger partial charge in [-0.3, -0.25) is 4.79 Å². The van der Waals surface area contributed by atoms with Gasteiger partial charge in [-0.15, -0.1) is 0 Å². The first-order chi connectivity index (χ1) is 9.84. The van der Waals surface area contributed by atoms with Gasteiger partial charge in [-0.05, 0) is 33.6 Å². The van der Waals surface area contributed by atoms with Crippen LogP contribution in [0, 0.1) is 0 Å². The summed E-state index contributed by atoms with van der Waals surface area (Å²) in [4.78, 5) is 18.0. The van der Waals surface area contributed by atoms with Gasteiger partial charge < -0.3 is 4.90 Å². The first kappa shape index (κ1) is 15.9. The maximum atomic E-state index is 12.5. The highest BCUT2D eigenvalue weighted by Crippen LogP contribution is 2.22. The fourth-order valence-electron chi connectivity index (χ4n) is 2.58. The number of rotatable bonds is 4. The number of hydrogen-bond acceptors (Lipinski definition) is 5. The standard InChI is InChI=1S/C13H22N4O3S/c1-10(2)21(19,20)11(3)13(18)16-6-4-5-12(7-16)17-9-14-8-15-17/h8-12H,4-7H2,1-3H3/t11-,12+/m1/s1. The van der Waals surface area contributed by atoms with Crippen molar-refractivity contribution in [3.05, 3.63) is 12.7 Å². The Kier molecular flexibility index (Phi) is 4.65. The van der Waals surface area contributed by atoms with Crippen molar-refractivity contribution in [1.29, 1.82) is 0 Å². The number of likely N-dealkylation sites (tertiary alicyclic amines) is 1. The molecule has 1 aliphatic heterocycles. The number of piperidine rings is 1. The molecule has 0 bridgehead atoms. The van der Waals surface area contributed by atoms with E-state index in [-0.39, 0.29) is 11.9 Å². The van der Waals surface area contributed by atoms with Crippen molar-refractivity contribution in [2.45, 2.75) is 50.2 Å². The summed E-state index contributed by atoms with van der Waals surface area (Å²) in [6.07, 6.45) is 4.85. The molecular weight excluding hydrogens is 292 g/mol. The number of carbonyl (C=O) groups excluding carboxylic acids is 1. The Morgan fingerprint density at radius 3 is 2.62 bits per heavy atom. The van der Waals surface area contributed by atoms with Gasteiger partial charge in [-0.25, -0.2) is 18.1 Å². The van der Waals surface area contributed by atoms with E-state index in [9.17, 15) is 13.2 Å². The molecule has 0 radical (unpaired) electrons. The second kappa shape index (κ2) is 6.13. The van der Waals surface area contributed by atoms with Gasteiger partial charge in [0, 0.05) is 13.1 Å². The van der Waals surface area contributed by atoms with E-state index in [1.807, 2.05) is 0 Å². The van der Waals surface area contributed by atoms with Crippen LogP contribution in [0.5, 0.6) is 0 Å². The number of hydrogen-bond donors (Lipinski definition) is 0. The first-order valence-corrected chi connectivity index (χ1v) is 8.80. The monoisotopic (exact) mass is 314 g/mol. The average Bonchev–Trinajstić information content (AvgIpc) is 2.99. The largest absolute Gasteiger partial charge is 0.339 e. The van der Waals surface area contributed by atoms with Crippen LogP contribution in [0.4, 0.5) is 0 Å². The van der Waals surface area contributed by atoms with Gasteiger partial charge in [-0.2, -0.15) is 5.10 Å². The molecular formula is C13H22N4O3S. The number of carbonyl (C=O) groups is 1. The molecule has 0 saturated carbocycles. The molecule has 0 spiro atoms.